The highest BCUT2D eigenvalue weighted by atomic mass is 32.2. The number of amides is 2. The monoisotopic (exact) mass is 405 g/mol. The number of hydrogen-bond acceptors (Lipinski definition) is 6. The number of benzene rings is 1. The van der Waals surface area contributed by atoms with Crippen molar-refractivity contribution in [3.05, 3.63) is 40.8 Å². The Hall–Kier alpha value is -2.19. The second-order valence-electron chi connectivity index (χ2n) is 6.08. The molecule has 0 spiro atoms. The molecule has 6 nitrogen and oxygen atoms in total. The highest BCUT2D eigenvalue weighted by Gasteiger charge is 2.32. The van der Waals surface area contributed by atoms with E-state index in [0.29, 0.717) is 22.1 Å². The molecule has 8 heteroatoms. The average Bonchev–Trinajstić information content (AvgIpc) is 2.90. The van der Waals surface area contributed by atoms with Gasteiger partial charge in [-0.3, -0.25) is 14.5 Å². The van der Waals surface area contributed by atoms with Crippen LogP contribution in [0.3, 0.4) is 0 Å². The number of unbranched alkanes of at least 4 members (excludes halogenated alkanes) is 1. The molecule has 1 aromatic rings. The molecule has 1 heterocycles. The van der Waals surface area contributed by atoms with Gasteiger partial charge in [-0.05, 0) is 18.1 Å². The highest BCUT2D eigenvalue weighted by molar-refractivity contribution is 8.26. The van der Waals surface area contributed by atoms with Crippen LogP contribution < -0.4 is 10.4 Å². The maximum atomic E-state index is 12.5. The van der Waals surface area contributed by atoms with Crippen molar-refractivity contribution < 1.29 is 19.5 Å². The van der Waals surface area contributed by atoms with Gasteiger partial charge in [-0.25, -0.2) is 0 Å². The van der Waals surface area contributed by atoms with Crippen LogP contribution in [0.15, 0.2) is 35.2 Å². The first-order valence-electron chi connectivity index (χ1n) is 8.73. The SMILES string of the molecule is CCCC[C@H](NC(=O)CCN1C(=O)/C(=C\c2ccccc2)SC1=S)C(=O)[O-]. The molecule has 1 N–H and O–H groups in total. The number of thioether (sulfide) groups is 1. The molecule has 2 amide bonds. The van der Waals surface area contributed by atoms with Crippen molar-refractivity contribution in [1.82, 2.24) is 10.2 Å². The first-order chi connectivity index (χ1) is 12.9. The summed E-state index contributed by atoms with van der Waals surface area (Å²) >= 11 is 6.43. The zero-order valence-corrected chi connectivity index (χ0v) is 16.6. The summed E-state index contributed by atoms with van der Waals surface area (Å²) in [6.45, 7) is 2.04. The minimum Gasteiger partial charge on any atom is -0.548 e. The Morgan fingerprint density at radius 2 is 2.04 bits per heavy atom. The lowest BCUT2D eigenvalue weighted by Gasteiger charge is -2.20. The maximum absolute atomic E-state index is 12.5. The van der Waals surface area contributed by atoms with Gasteiger partial charge in [0.25, 0.3) is 5.91 Å². The molecule has 0 unspecified atom stereocenters. The van der Waals surface area contributed by atoms with Crippen molar-refractivity contribution in [3.8, 4) is 0 Å². The molecular formula is C19H21N2O4S2-. The van der Waals surface area contributed by atoms with E-state index in [1.165, 1.54) is 16.7 Å². The van der Waals surface area contributed by atoms with Crippen LogP contribution in [0.25, 0.3) is 6.08 Å². The van der Waals surface area contributed by atoms with Crippen LogP contribution in [0, 0.1) is 0 Å². The predicted octanol–water partition coefficient (Wildman–Crippen LogP) is 1.70. The molecule has 0 aliphatic carbocycles. The summed E-state index contributed by atoms with van der Waals surface area (Å²) in [6.07, 6.45) is 3.56. The van der Waals surface area contributed by atoms with Crippen molar-refractivity contribution in [1.29, 1.82) is 0 Å². The van der Waals surface area contributed by atoms with E-state index in [1.54, 1.807) is 6.08 Å². The first kappa shape index (κ1) is 21.1. The minimum absolute atomic E-state index is 0.0268. The standard InChI is InChI=1S/C19H22N2O4S2/c1-2-3-9-14(18(24)25)20-16(22)10-11-21-17(23)15(27-19(21)26)12-13-7-5-4-6-8-13/h4-8,12,14H,2-3,9-11H2,1H3,(H,20,22)(H,24,25)/p-1/b15-12+/t14-/m0/s1. The lowest BCUT2D eigenvalue weighted by atomic mass is 10.1. The smallest absolute Gasteiger partial charge is 0.266 e. The van der Waals surface area contributed by atoms with Gasteiger partial charge in [-0.15, -0.1) is 0 Å². The van der Waals surface area contributed by atoms with E-state index in [-0.39, 0.29) is 18.9 Å². The molecule has 2 rings (SSSR count). The Kier molecular flexibility index (Phi) is 7.99. The molecule has 0 bridgehead atoms. The third-order valence-corrected chi connectivity index (χ3v) is 5.38. The van der Waals surface area contributed by atoms with Crippen LogP contribution in [0.5, 0.6) is 0 Å². The van der Waals surface area contributed by atoms with E-state index in [4.69, 9.17) is 12.2 Å². The lowest BCUT2D eigenvalue weighted by molar-refractivity contribution is -0.308. The lowest BCUT2D eigenvalue weighted by Crippen LogP contribution is -2.48. The molecule has 1 aliphatic rings. The first-order valence-corrected chi connectivity index (χ1v) is 9.95. The van der Waals surface area contributed by atoms with Crippen LogP contribution in [-0.2, 0) is 14.4 Å². The molecule has 144 valence electrons. The number of hydrogen-bond donors (Lipinski definition) is 1. The van der Waals surface area contributed by atoms with Gasteiger partial charge in [0.15, 0.2) is 0 Å². The summed E-state index contributed by atoms with van der Waals surface area (Å²) in [7, 11) is 0. The van der Waals surface area contributed by atoms with Gasteiger partial charge in [0, 0.05) is 13.0 Å². The maximum Gasteiger partial charge on any atom is 0.266 e. The van der Waals surface area contributed by atoms with E-state index in [0.717, 1.165) is 12.0 Å². The molecule has 0 saturated carbocycles. The van der Waals surface area contributed by atoms with Crippen LogP contribution in [0.2, 0.25) is 0 Å². The van der Waals surface area contributed by atoms with Crippen molar-refractivity contribution in [2.45, 2.75) is 38.6 Å². The molecular weight excluding hydrogens is 384 g/mol. The predicted molar refractivity (Wildman–Crippen MR) is 107 cm³/mol. The van der Waals surface area contributed by atoms with Gasteiger partial charge in [-0.2, -0.15) is 0 Å². The number of carboxylic acids is 1. The quantitative estimate of drug-likeness (QED) is 0.497. The number of carboxylic acid groups (broad SMARTS) is 1. The zero-order chi connectivity index (χ0) is 19.8. The highest BCUT2D eigenvalue weighted by Crippen LogP contribution is 2.32. The Balaban J connectivity index is 1.92. The average molecular weight is 406 g/mol. The van der Waals surface area contributed by atoms with Crippen LogP contribution >= 0.6 is 24.0 Å². The van der Waals surface area contributed by atoms with Crippen LogP contribution in [0.1, 0.15) is 38.2 Å². The van der Waals surface area contributed by atoms with Crippen molar-refractivity contribution in [3.63, 3.8) is 0 Å². The van der Waals surface area contributed by atoms with E-state index in [2.05, 4.69) is 5.32 Å². The number of thiocarbonyl (C=S) groups is 1. The van der Waals surface area contributed by atoms with Crippen LogP contribution in [0.4, 0.5) is 0 Å². The summed E-state index contributed by atoms with van der Waals surface area (Å²) < 4.78 is 0.386. The fourth-order valence-electron chi connectivity index (χ4n) is 2.53. The number of carbonyl (C=O) groups is 3. The second kappa shape index (κ2) is 10.2. The van der Waals surface area contributed by atoms with Gasteiger partial charge in [-0.1, -0.05) is 74.1 Å². The zero-order valence-electron chi connectivity index (χ0n) is 15.0. The normalized spacial score (nSPS) is 16.6. The van der Waals surface area contributed by atoms with Gasteiger partial charge in [0.05, 0.1) is 16.9 Å². The number of carbonyl (C=O) groups excluding carboxylic acids is 3. The molecule has 27 heavy (non-hydrogen) atoms. The number of nitrogens with one attached hydrogen (secondary N) is 1. The van der Waals surface area contributed by atoms with Crippen molar-refractivity contribution in [2.24, 2.45) is 0 Å². The molecule has 1 aliphatic heterocycles. The summed E-state index contributed by atoms with van der Waals surface area (Å²) in [5.41, 5.74) is 0.892. The van der Waals surface area contributed by atoms with Gasteiger partial charge < -0.3 is 15.2 Å². The van der Waals surface area contributed by atoms with Gasteiger partial charge >= 0.3 is 0 Å². The number of rotatable bonds is 9. The Morgan fingerprint density at radius 1 is 1.33 bits per heavy atom. The van der Waals surface area contributed by atoms with Gasteiger partial charge in [0.2, 0.25) is 5.91 Å². The van der Waals surface area contributed by atoms with E-state index in [1.807, 2.05) is 37.3 Å². The summed E-state index contributed by atoms with van der Waals surface area (Å²) in [4.78, 5) is 37.5. The number of aliphatic carboxylic acids is 1. The topological polar surface area (TPSA) is 89.5 Å². The van der Waals surface area contributed by atoms with Gasteiger partial charge in [0.1, 0.15) is 4.32 Å². The molecule has 1 fully saturated rings. The van der Waals surface area contributed by atoms with Crippen molar-refractivity contribution >= 4 is 52.2 Å². The van der Waals surface area contributed by atoms with E-state index < -0.39 is 17.9 Å². The third-order valence-electron chi connectivity index (χ3n) is 4.00. The third kappa shape index (κ3) is 6.18. The fraction of sp³-hybridized carbons (Fsp3) is 0.368. The Morgan fingerprint density at radius 3 is 2.67 bits per heavy atom. The summed E-state index contributed by atoms with van der Waals surface area (Å²) in [6, 6.07) is 8.40. The molecule has 1 aromatic carbocycles. The van der Waals surface area contributed by atoms with E-state index in [9.17, 15) is 19.5 Å². The molecule has 1 saturated heterocycles. The minimum atomic E-state index is -1.30. The Labute approximate surface area is 168 Å². The summed E-state index contributed by atoms with van der Waals surface area (Å²) in [5.74, 6) is -1.99. The fourth-order valence-corrected chi connectivity index (χ4v) is 3.84. The largest absolute Gasteiger partial charge is 0.548 e. The second-order valence-corrected chi connectivity index (χ2v) is 7.75. The molecule has 1 atom stereocenters. The molecule has 0 radical (unpaired) electrons. The number of nitrogens with zero attached hydrogens (tertiary/aromatic N) is 1. The van der Waals surface area contributed by atoms with Crippen LogP contribution in [-0.4, -0.2) is 39.6 Å². The van der Waals surface area contributed by atoms with Crippen molar-refractivity contribution in [2.75, 3.05) is 6.54 Å². The van der Waals surface area contributed by atoms with E-state index >= 15 is 0 Å². The molecule has 0 aromatic heterocycles. The summed E-state index contributed by atoms with van der Waals surface area (Å²) in [5, 5.41) is 13.6. The Bertz CT molecular complexity index is 749.